The van der Waals surface area contributed by atoms with Gasteiger partial charge in [0.05, 0.1) is 16.5 Å². The van der Waals surface area contributed by atoms with E-state index in [1.54, 1.807) is 4.90 Å². The standard InChI is InChI=1S/C12H12N2O5/c1-7(15)10-3-2-9(14(18)19)4-11(10)13-5-8(6-13)12(16)17/h2-4,8H,5-6H2,1H3,(H,16,17). The Balaban J connectivity index is 2.32. The normalized spacial score (nSPS) is 14.9. The van der Waals surface area contributed by atoms with E-state index in [1.165, 1.54) is 25.1 Å². The summed E-state index contributed by atoms with van der Waals surface area (Å²) >= 11 is 0. The molecule has 1 saturated heterocycles. The SMILES string of the molecule is CC(=O)c1ccc([N+](=O)[O-])cc1N1CC(C(=O)O)C1. The van der Waals surface area contributed by atoms with Gasteiger partial charge in [-0.15, -0.1) is 0 Å². The van der Waals surface area contributed by atoms with E-state index in [-0.39, 0.29) is 24.6 Å². The number of hydrogen-bond donors (Lipinski definition) is 1. The third-order valence-corrected chi connectivity index (χ3v) is 3.14. The van der Waals surface area contributed by atoms with E-state index in [0.717, 1.165) is 0 Å². The van der Waals surface area contributed by atoms with Crippen molar-refractivity contribution in [2.24, 2.45) is 5.92 Å². The summed E-state index contributed by atoms with van der Waals surface area (Å²) in [6.07, 6.45) is 0. The molecule has 7 nitrogen and oxygen atoms in total. The van der Waals surface area contributed by atoms with Crippen molar-refractivity contribution in [2.45, 2.75) is 6.92 Å². The minimum Gasteiger partial charge on any atom is -0.481 e. The first kappa shape index (κ1) is 13.0. The molecule has 0 bridgehead atoms. The second kappa shape index (κ2) is 4.68. The van der Waals surface area contributed by atoms with Crippen LogP contribution in [0, 0.1) is 16.0 Å². The third kappa shape index (κ3) is 2.40. The molecule has 1 aliphatic rings. The summed E-state index contributed by atoms with van der Waals surface area (Å²) in [5.74, 6) is -1.59. The van der Waals surface area contributed by atoms with Gasteiger partial charge in [-0.25, -0.2) is 0 Å². The second-order valence-electron chi connectivity index (χ2n) is 4.45. The Morgan fingerprint density at radius 1 is 1.42 bits per heavy atom. The highest BCUT2D eigenvalue weighted by atomic mass is 16.6. The summed E-state index contributed by atoms with van der Waals surface area (Å²) in [5.41, 5.74) is 0.687. The zero-order valence-corrected chi connectivity index (χ0v) is 10.2. The van der Waals surface area contributed by atoms with Crippen molar-refractivity contribution >= 4 is 23.1 Å². The molecule has 1 aromatic carbocycles. The first-order valence-electron chi connectivity index (χ1n) is 5.67. The van der Waals surface area contributed by atoms with Crippen molar-refractivity contribution in [3.63, 3.8) is 0 Å². The number of carbonyl (C=O) groups excluding carboxylic acids is 1. The molecule has 0 amide bonds. The van der Waals surface area contributed by atoms with Gasteiger partial charge in [0.2, 0.25) is 0 Å². The van der Waals surface area contributed by atoms with Crippen molar-refractivity contribution in [3.8, 4) is 0 Å². The van der Waals surface area contributed by atoms with Gasteiger partial charge in [0.15, 0.2) is 5.78 Å². The predicted octanol–water partition coefficient (Wildman–Crippen LogP) is 1.32. The molecule has 0 spiro atoms. The fourth-order valence-electron chi connectivity index (χ4n) is 2.02. The van der Waals surface area contributed by atoms with Crippen LogP contribution in [0.5, 0.6) is 0 Å². The van der Waals surface area contributed by atoms with Gasteiger partial charge in [-0.3, -0.25) is 19.7 Å². The van der Waals surface area contributed by atoms with Crippen LogP contribution in [0.1, 0.15) is 17.3 Å². The lowest BCUT2D eigenvalue weighted by atomic mass is 9.97. The van der Waals surface area contributed by atoms with E-state index in [2.05, 4.69) is 0 Å². The van der Waals surface area contributed by atoms with Gasteiger partial charge in [0.25, 0.3) is 5.69 Å². The van der Waals surface area contributed by atoms with Crippen LogP contribution in [0.25, 0.3) is 0 Å². The van der Waals surface area contributed by atoms with Crippen molar-refractivity contribution < 1.29 is 19.6 Å². The zero-order chi connectivity index (χ0) is 14.2. The van der Waals surface area contributed by atoms with Gasteiger partial charge in [0.1, 0.15) is 0 Å². The lowest BCUT2D eigenvalue weighted by molar-refractivity contribution is -0.384. The van der Waals surface area contributed by atoms with Crippen LogP contribution in [-0.4, -0.2) is 34.9 Å². The van der Waals surface area contributed by atoms with E-state index in [4.69, 9.17) is 5.11 Å². The van der Waals surface area contributed by atoms with E-state index >= 15 is 0 Å². The first-order valence-corrected chi connectivity index (χ1v) is 5.67. The number of nitro benzene ring substituents is 1. The molecule has 7 heteroatoms. The number of ketones is 1. The summed E-state index contributed by atoms with van der Waals surface area (Å²) in [6, 6.07) is 3.99. The maximum Gasteiger partial charge on any atom is 0.310 e. The topological polar surface area (TPSA) is 101 Å². The highest BCUT2D eigenvalue weighted by Crippen LogP contribution is 2.31. The second-order valence-corrected chi connectivity index (χ2v) is 4.45. The number of carboxylic acids is 1. The van der Waals surface area contributed by atoms with Gasteiger partial charge >= 0.3 is 5.97 Å². The van der Waals surface area contributed by atoms with Gasteiger partial charge in [-0.05, 0) is 13.0 Å². The Morgan fingerprint density at radius 3 is 2.53 bits per heavy atom. The number of anilines is 1. The summed E-state index contributed by atoms with van der Waals surface area (Å²) in [5, 5.41) is 19.6. The Kier molecular flexibility index (Phi) is 3.20. The Labute approximate surface area is 108 Å². The minimum absolute atomic E-state index is 0.112. The van der Waals surface area contributed by atoms with E-state index in [1.807, 2.05) is 0 Å². The lowest BCUT2D eigenvalue weighted by Gasteiger charge is -2.39. The highest BCUT2D eigenvalue weighted by molar-refractivity contribution is 6.00. The molecule has 1 aromatic rings. The molecule has 100 valence electrons. The number of aliphatic carboxylic acids is 1. The van der Waals surface area contributed by atoms with Crippen LogP contribution in [0.2, 0.25) is 0 Å². The van der Waals surface area contributed by atoms with E-state index in [9.17, 15) is 19.7 Å². The molecule has 0 unspecified atom stereocenters. The zero-order valence-electron chi connectivity index (χ0n) is 10.2. The maximum absolute atomic E-state index is 11.5. The van der Waals surface area contributed by atoms with Crippen LogP contribution in [0.4, 0.5) is 11.4 Å². The maximum atomic E-state index is 11.5. The molecule has 0 aliphatic carbocycles. The van der Waals surface area contributed by atoms with Crippen molar-refractivity contribution in [1.29, 1.82) is 0 Å². The van der Waals surface area contributed by atoms with Crippen LogP contribution in [0.15, 0.2) is 18.2 Å². The Morgan fingerprint density at radius 2 is 2.05 bits per heavy atom. The number of nitro groups is 1. The molecule has 1 fully saturated rings. The lowest BCUT2D eigenvalue weighted by Crippen LogP contribution is -2.50. The van der Waals surface area contributed by atoms with Crippen LogP contribution in [0.3, 0.4) is 0 Å². The summed E-state index contributed by atoms with van der Waals surface area (Å²) < 4.78 is 0. The minimum atomic E-state index is -0.897. The van der Waals surface area contributed by atoms with Crippen molar-refractivity contribution in [1.82, 2.24) is 0 Å². The summed E-state index contributed by atoms with van der Waals surface area (Å²) in [6.45, 7) is 1.90. The largest absolute Gasteiger partial charge is 0.481 e. The number of benzene rings is 1. The summed E-state index contributed by atoms with van der Waals surface area (Å²) in [7, 11) is 0. The van der Waals surface area contributed by atoms with Crippen LogP contribution >= 0.6 is 0 Å². The molecule has 19 heavy (non-hydrogen) atoms. The van der Waals surface area contributed by atoms with Crippen LogP contribution < -0.4 is 4.90 Å². The van der Waals surface area contributed by atoms with Gasteiger partial charge in [-0.1, -0.05) is 0 Å². The van der Waals surface area contributed by atoms with E-state index < -0.39 is 16.8 Å². The van der Waals surface area contributed by atoms with Crippen molar-refractivity contribution in [3.05, 3.63) is 33.9 Å². The quantitative estimate of drug-likeness (QED) is 0.500. The smallest absolute Gasteiger partial charge is 0.310 e. The fourth-order valence-corrected chi connectivity index (χ4v) is 2.02. The van der Waals surface area contributed by atoms with Gasteiger partial charge < -0.3 is 10.0 Å². The third-order valence-electron chi connectivity index (χ3n) is 3.14. The number of carbonyl (C=O) groups is 2. The first-order chi connectivity index (χ1) is 8.90. The highest BCUT2D eigenvalue weighted by Gasteiger charge is 2.34. The molecule has 1 aliphatic heterocycles. The molecule has 0 aromatic heterocycles. The average molecular weight is 264 g/mol. The molecule has 2 rings (SSSR count). The van der Waals surface area contributed by atoms with Crippen LogP contribution in [-0.2, 0) is 4.79 Å². The number of non-ortho nitro benzene ring substituents is 1. The molecular weight excluding hydrogens is 252 g/mol. The van der Waals surface area contributed by atoms with E-state index in [0.29, 0.717) is 11.3 Å². The number of hydrogen-bond acceptors (Lipinski definition) is 5. The monoisotopic (exact) mass is 264 g/mol. The number of rotatable bonds is 4. The fraction of sp³-hybridized carbons (Fsp3) is 0.333. The Bertz CT molecular complexity index is 563. The number of Topliss-reactive ketones (excluding diaryl/α,β-unsaturated/α-hetero) is 1. The number of nitrogens with zero attached hydrogens (tertiary/aromatic N) is 2. The molecular formula is C12H12N2O5. The van der Waals surface area contributed by atoms with Crippen molar-refractivity contribution in [2.75, 3.05) is 18.0 Å². The molecule has 0 atom stereocenters. The summed E-state index contributed by atoms with van der Waals surface area (Å²) in [4.78, 5) is 34.1. The predicted molar refractivity (Wildman–Crippen MR) is 66.4 cm³/mol. The average Bonchev–Trinajstić information content (AvgIpc) is 2.25. The van der Waals surface area contributed by atoms with Gasteiger partial charge in [0, 0.05) is 30.8 Å². The Hall–Kier alpha value is -2.44. The molecule has 0 radical (unpaired) electrons. The molecule has 1 N–H and O–H groups in total. The van der Waals surface area contributed by atoms with Gasteiger partial charge in [-0.2, -0.15) is 0 Å². The molecule has 0 saturated carbocycles. The molecule has 1 heterocycles. The number of carboxylic acid groups (broad SMARTS) is 1.